The first-order chi connectivity index (χ1) is 9.92. The smallest absolute Gasteiger partial charge is 0.291 e. The number of nitrogen functional groups attached to an aromatic ring is 1. The third-order valence-electron chi connectivity index (χ3n) is 3.00. The predicted octanol–water partition coefficient (Wildman–Crippen LogP) is 2.77. The molecule has 0 aliphatic rings. The van der Waals surface area contributed by atoms with Gasteiger partial charge >= 0.3 is 0 Å². The highest BCUT2D eigenvalue weighted by molar-refractivity contribution is 9.10. The fraction of sp³-hybridized carbons (Fsp3) is 0.214. The first-order valence-electron chi connectivity index (χ1n) is 6.37. The number of rotatable bonds is 4. The second-order valence-corrected chi connectivity index (χ2v) is 5.39. The molecule has 7 heteroatoms. The zero-order valence-electron chi connectivity index (χ0n) is 11.7. The first-order valence-corrected chi connectivity index (χ1v) is 7.16. The van der Waals surface area contributed by atoms with Crippen molar-refractivity contribution in [2.45, 2.75) is 20.3 Å². The Morgan fingerprint density at radius 1 is 1.43 bits per heavy atom. The van der Waals surface area contributed by atoms with E-state index >= 15 is 0 Å². The zero-order valence-corrected chi connectivity index (χ0v) is 13.2. The van der Waals surface area contributed by atoms with Crippen molar-refractivity contribution in [2.75, 3.05) is 11.1 Å². The maximum atomic E-state index is 12.0. The Hall–Kier alpha value is -2.15. The third-order valence-corrected chi connectivity index (χ3v) is 3.70. The lowest BCUT2D eigenvalue weighted by molar-refractivity contribution is 0.100. The Labute approximate surface area is 130 Å². The van der Waals surface area contributed by atoms with Gasteiger partial charge in [-0.05, 0) is 31.0 Å². The monoisotopic (exact) mass is 350 g/mol. The minimum absolute atomic E-state index is 0.0501. The van der Waals surface area contributed by atoms with E-state index in [0.717, 1.165) is 16.5 Å². The van der Waals surface area contributed by atoms with E-state index in [1.54, 1.807) is 12.1 Å². The molecule has 0 fully saturated rings. The number of benzene rings is 1. The van der Waals surface area contributed by atoms with Crippen LogP contribution in [-0.2, 0) is 6.42 Å². The van der Waals surface area contributed by atoms with E-state index in [-0.39, 0.29) is 11.6 Å². The molecule has 2 rings (SSSR count). The predicted molar refractivity (Wildman–Crippen MR) is 84.5 cm³/mol. The Kier molecular flexibility index (Phi) is 4.42. The molecule has 1 heterocycles. The number of Topliss-reactive ketones (excluding diaryl/α,β-unsaturated/α-hetero) is 1. The standard InChI is InChI=1S/C14H15BrN4O2/c1-3-9-10(7(2)20)4-8(5-11(9)15)18-14(21)13-17-6-12(16)19-13/h4-6H,3,16H2,1-2H3,(H,17,19)(H,18,21). The van der Waals surface area contributed by atoms with E-state index in [9.17, 15) is 9.59 Å². The number of aromatic nitrogens is 2. The lowest BCUT2D eigenvalue weighted by atomic mass is 10.0. The first kappa shape index (κ1) is 15.2. The topological polar surface area (TPSA) is 101 Å². The van der Waals surface area contributed by atoms with Gasteiger partial charge in [0.15, 0.2) is 11.6 Å². The van der Waals surface area contributed by atoms with Crippen LogP contribution >= 0.6 is 15.9 Å². The van der Waals surface area contributed by atoms with Gasteiger partial charge in [0, 0.05) is 15.7 Å². The summed E-state index contributed by atoms with van der Waals surface area (Å²) in [6.07, 6.45) is 2.09. The molecule has 0 unspecified atom stereocenters. The highest BCUT2D eigenvalue weighted by atomic mass is 79.9. The van der Waals surface area contributed by atoms with E-state index in [0.29, 0.717) is 17.1 Å². The van der Waals surface area contributed by atoms with Crippen molar-refractivity contribution < 1.29 is 9.59 Å². The summed E-state index contributed by atoms with van der Waals surface area (Å²) in [5, 5.41) is 2.69. The van der Waals surface area contributed by atoms with Crippen LogP contribution in [-0.4, -0.2) is 21.7 Å². The molecule has 1 aromatic carbocycles. The normalized spacial score (nSPS) is 10.4. The van der Waals surface area contributed by atoms with E-state index in [1.165, 1.54) is 13.1 Å². The van der Waals surface area contributed by atoms with Gasteiger partial charge in [0.05, 0.1) is 6.20 Å². The van der Waals surface area contributed by atoms with Crippen LogP contribution < -0.4 is 11.1 Å². The van der Waals surface area contributed by atoms with Crippen LogP contribution in [0.2, 0.25) is 0 Å². The number of aromatic amines is 1. The summed E-state index contributed by atoms with van der Waals surface area (Å²) in [4.78, 5) is 30.2. The molecular weight excluding hydrogens is 336 g/mol. The Morgan fingerprint density at radius 3 is 2.67 bits per heavy atom. The maximum Gasteiger partial charge on any atom is 0.291 e. The fourth-order valence-electron chi connectivity index (χ4n) is 2.02. The molecule has 4 N–H and O–H groups in total. The Balaban J connectivity index is 2.32. The summed E-state index contributed by atoms with van der Waals surface area (Å²) in [5.74, 6) is -0.0390. The summed E-state index contributed by atoms with van der Waals surface area (Å²) in [6, 6.07) is 3.42. The van der Waals surface area contributed by atoms with Gasteiger partial charge in [-0.1, -0.05) is 22.9 Å². The number of hydrogen-bond acceptors (Lipinski definition) is 4. The van der Waals surface area contributed by atoms with Crippen molar-refractivity contribution >= 4 is 39.1 Å². The van der Waals surface area contributed by atoms with Crippen LogP contribution in [0.25, 0.3) is 0 Å². The third kappa shape index (κ3) is 3.30. The van der Waals surface area contributed by atoms with Gasteiger partial charge in [-0.2, -0.15) is 0 Å². The second kappa shape index (κ2) is 6.09. The summed E-state index contributed by atoms with van der Waals surface area (Å²) in [7, 11) is 0. The number of nitrogens with zero attached hydrogens (tertiary/aromatic N) is 1. The number of carbonyl (C=O) groups is 2. The van der Waals surface area contributed by atoms with Gasteiger partial charge in [0.2, 0.25) is 0 Å². The molecule has 2 aromatic rings. The van der Waals surface area contributed by atoms with Crippen LogP contribution in [0, 0.1) is 0 Å². The fourth-order valence-corrected chi connectivity index (χ4v) is 2.76. The van der Waals surface area contributed by atoms with Crippen molar-refractivity contribution in [3.8, 4) is 0 Å². The number of ketones is 1. The van der Waals surface area contributed by atoms with Gasteiger partial charge in [0.1, 0.15) is 5.82 Å². The molecule has 0 atom stereocenters. The molecule has 21 heavy (non-hydrogen) atoms. The SMILES string of the molecule is CCc1c(Br)cc(NC(=O)c2ncc(N)[nH]2)cc1C(C)=O. The number of anilines is 2. The molecule has 6 nitrogen and oxygen atoms in total. The summed E-state index contributed by atoms with van der Waals surface area (Å²) < 4.78 is 0.784. The van der Waals surface area contributed by atoms with Gasteiger partial charge in [-0.15, -0.1) is 0 Å². The van der Waals surface area contributed by atoms with E-state index in [2.05, 4.69) is 31.2 Å². The number of H-pyrrole nitrogens is 1. The summed E-state index contributed by atoms with van der Waals surface area (Å²) in [6.45, 7) is 3.47. The van der Waals surface area contributed by atoms with Crippen LogP contribution in [0.4, 0.5) is 11.5 Å². The number of amides is 1. The van der Waals surface area contributed by atoms with Gasteiger partial charge in [-0.3, -0.25) is 9.59 Å². The molecule has 0 radical (unpaired) electrons. The van der Waals surface area contributed by atoms with Crippen LogP contribution in [0.5, 0.6) is 0 Å². The van der Waals surface area contributed by atoms with Crippen molar-refractivity contribution in [2.24, 2.45) is 0 Å². The molecule has 0 bridgehead atoms. The second-order valence-electron chi connectivity index (χ2n) is 4.54. The maximum absolute atomic E-state index is 12.0. The average Bonchev–Trinajstić information content (AvgIpc) is 2.84. The van der Waals surface area contributed by atoms with Crippen molar-refractivity contribution in [1.29, 1.82) is 0 Å². The molecule has 110 valence electrons. The molecule has 1 aromatic heterocycles. The Bertz CT molecular complexity index is 709. The molecule has 0 aliphatic heterocycles. The van der Waals surface area contributed by atoms with Crippen LogP contribution in [0.15, 0.2) is 22.8 Å². The summed E-state index contributed by atoms with van der Waals surface area (Å²) in [5.41, 5.74) is 7.51. The minimum Gasteiger partial charge on any atom is -0.384 e. The molecule has 0 spiro atoms. The van der Waals surface area contributed by atoms with Gasteiger partial charge < -0.3 is 16.0 Å². The van der Waals surface area contributed by atoms with Crippen molar-refractivity contribution in [1.82, 2.24) is 9.97 Å². The highest BCUT2D eigenvalue weighted by Gasteiger charge is 2.15. The lowest BCUT2D eigenvalue weighted by Gasteiger charge is -2.11. The Morgan fingerprint density at radius 2 is 2.14 bits per heavy atom. The van der Waals surface area contributed by atoms with Gasteiger partial charge in [-0.25, -0.2) is 4.98 Å². The van der Waals surface area contributed by atoms with Gasteiger partial charge in [0.25, 0.3) is 5.91 Å². The van der Waals surface area contributed by atoms with E-state index < -0.39 is 5.91 Å². The molecular formula is C14H15BrN4O2. The molecule has 0 saturated carbocycles. The van der Waals surface area contributed by atoms with Crippen LogP contribution in [0.1, 0.15) is 40.4 Å². The lowest BCUT2D eigenvalue weighted by Crippen LogP contribution is -2.14. The molecule has 1 amide bonds. The quantitative estimate of drug-likeness (QED) is 0.737. The number of hydrogen-bond donors (Lipinski definition) is 3. The average molecular weight is 351 g/mol. The van der Waals surface area contributed by atoms with Crippen LogP contribution in [0.3, 0.4) is 0 Å². The number of imidazole rings is 1. The van der Waals surface area contributed by atoms with Crippen molar-refractivity contribution in [3.63, 3.8) is 0 Å². The number of nitrogens with two attached hydrogens (primary N) is 1. The van der Waals surface area contributed by atoms with E-state index in [1.807, 2.05) is 6.92 Å². The van der Waals surface area contributed by atoms with Crippen molar-refractivity contribution in [3.05, 3.63) is 39.8 Å². The largest absolute Gasteiger partial charge is 0.384 e. The number of carbonyl (C=O) groups excluding carboxylic acids is 2. The summed E-state index contributed by atoms with van der Waals surface area (Å²) >= 11 is 3.43. The molecule has 0 aliphatic carbocycles. The number of nitrogens with one attached hydrogen (secondary N) is 2. The number of halogens is 1. The minimum atomic E-state index is -0.419. The zero-order chi connectivity index (χ0) is 15.6. The molecule has 0 saturated heterocycles. The highest BCUT2D eigenvalue weighted by Crippen LogP contribution is 2.27. The van der Waals surface area contributed by atoms with E-state index in [4.69, 9.17) is 5.73 Å².